The number of unbranched alkanes of at least 4 members (excludes halogenated alkanes) is 2. The molecule has 31 heavy (non-hydrogen) atoms. The number of ether oxygens (including phenoxy) is 1. The zero-order valence-electron chi connectivity index (χ0n) is 19.5. The first kappa shape index (κ1) is 25.4. The van der Waals surface area contributed by atoms with E-state index >= 15 is 0 Å². The third kappa shape index (κ3) is 7.08. The van der Waals surface area contributed by atoms with Crippen molar-refractivity contribution in [2.45, 2.75) is 70.6 Å². The van der Waals surface area contributed by atoms with Gasteiger partial charge in [-0.25, -0.2) is 8.42 Å². The van der Waals surface area contributed by atoms with Gasteiger partial charge < -0.3 is 9.84 Å². The average Bonchev–Trinajstić information content (AvgIpc) is 2.76. The molecule has 2 rings (SSSR count). The molecule has 0 spiro atoms. The van der Waals surface area contributed by atoms with E-state index in [2.05, 4.69) is 13.8 Å². The summed E-state index contributed by atoms with van der Waals surface area (Å²) in [7, 11) is -1.93. The van der Waals surface area contributed by atoms with Crippen molar-refractivity contribution in [3.63, 3.8) is 0 Å². The summed E-state index contributed by atoms with van der Waals surface area (Å²) in [5.41, 5.74) is 2.30. The lowest BCUT2D eigenvalue weighted by molar-refractivity contribution is 0.120. The van der Waals surface area contributed by atoms with Crippen molar-refractivity contribution in [2.75, 3.05) is 19.5 Å². The minimum Gasteiger partial charge on any atom is -0.497 e. The first-order valence-corrected chi connectivity index (χ1v) is 13.0. The Balaban J connectivity index is 2.39. The zero-order chi connectivity index (χ0) is 22.9. The fourth-order valence-electron chi connectivity index (χ4n) is 4.17. The summed E-state index contributed by atoms with van der Waals surface area (Å²) < 4.78 is 32.5. The number of hydrogen-bond acceptors (Lipinski definition) is 4. The van der Waals surface area contributed by atoms with Crippen LogP contribution in [0.4, 0.5) is 0 Å². The normalized spacial score (nSPS) is 12.2. The number of aryl methyl sites for hydroxylation is 1. The van der Waals surface area contributed by atoms with Gasteiger partial charge in [0.1, 0.15) is 5.75 Å². The fraction of sp³-hybridized carbons (Fsp3) is 0.538. The zero-order valence-corrected chi connectivity index (χ0v) is 20.3. The molecule has 0 fully saturated rings. The predicted molar refractivity (Wildman–Crippen MR) is 128 cm³/mol. The fourth-order valence-corrected chi connectivity index (χ4v) is 6.32. The minimum atomic E-state index is -3.56. The lowest BCUT2D eigenvalue weighted by Crippen LogP contribution is -2.34. The SMILES string of the molecule is CCCCC(CO)(CCCC)CS(=O)(=O)c1ccc(C)cc1Cc1ccc(OC)cc1. The maximum absolute atomic E-state index is 13.6. The number of sulfone groups is 1. The van der Waals surface area contributed by atoms with Gasteiger partial charge in [-0.15, -0.1) is 0 Å². The smallest absolute Gasteiger partial charge is 0.179 e. The van der Waals surface area contributed by atoms with E-state index in [4.69, 9.17) is 4.74 Å². The molecule has 2 aromatic rings. The van der Waals surface area contributed by atoms with Crippen LogP contribution in [0, 0.1) is 12.3 Å². The molecule has 1 N–H and O–H groups in total. The highest BCUT2D eigenvalue weighted by atomic mass is 32.2. The van der Waals surface area contributed by atoms with Crippen LogP contribution in [0.3, 0.4) is 0 Å². The van der Waals surface area contributed by atoms with E-state index < -0.39 is 15.3 Å². The van der Waals surface area contributed by atoms with Crippen LogP contribution in [0.25, 0.3) is 0 Å². The standard InChI is InChI=1S/C26H38O4S/c1-5-7-15-26(19-27,16-8-6-2)20-31(28,29)25-14-9-21(3)17-23(25)18-22-10-12-24(30-4)13-11-22/h9-14,17,27H,5-8,15-16,18-20H2,1-4H3. The Bertz CT molecular complexity index is 909. The molecule has 0 aliphatic rings. The molecule has 0 atom stereocenters. The highest BCUT2D eigenvalue weighted by Crippen LogP contribution is 2.35. The summed E-state index contributed by atoms with van der Waals surface area (Å²) >= 11 is 0. The van der Waals surface area contributed by atoms with E-state index in [0.29, 0.717) is 11.3 Å². The molecule has 0 aromatic heterocycles. The number of benzene rings is 2. The van der Waals surface area contributed by atoms with Gasteiger partial charge >= 0.3 is 0 Å². The Morgan fingerprint density at radius 3 is 2.10 bits per heavy atom. The van der Waals surface area contributed by atoms with Gasteiger partial charge in [0, 0.05) is 12.0 Å². The van der Waals surface area contributed by atoms with Crippen LogP contribution < -0.4 is 4.74 Å². The lowest BCUT2D eigenvalue weighted by Gasteiger charge is -2.32. The summed E-state index contributed by atoms with van der Waals surface area (Å²) in [6.45, 7) is 6.09. The first-order chi connectivity index (χ1) is 14.8. The van der Waals surface area contributed by atoms with E-state index in [1.165, 1.54) is 0 Å². The molecular weight excluding hydrogens is 408 g/mol. The predicted octanol–water partition coefficient (Wildman–Crippen LogP) is 5.73. The highest BCUT2D eigenvalue weighted by Gasteiger charge is 2.35. The van der Waals surface area contributed by atoms with Gasteiger partial charge in [-0.05, 0) is 55.5 Å². The van der Waals surface area contributed by atoms with Gasteiger partial charge in [0.2, 0.25) is 0 Å². The molecule has 0 aliphatic carbocycles. The molecular formula is C26H38O4S. The van der Waals surface area contributed by atoms with Crippen molar-refractivity contribution >= 4 is 9.84 Å². The second kappa shape index (κ2) is 11.7. The summed E-state index contributed by atoms with van der Waals surface area (Å²) in [6, 6.07) is 13.3. The van der Waals surface area contributed by atoms with Crippen molar-refractivity contribution < 1.29 is 18.3 Å². The lowest BCUT2D eigenvalue weighted by atomic mass is 9.81. The molecule has 0 saturated carbocycles. The Morgan fingerprint density at radius 1 is 0.968 bits per heavy atom. The van der Waals surface area contributed by atoms with Crippen molar-refractivity contribution in [1.29, 1.82) is 0 Å². The van der Waals surface area contributed by atoms with Crippen molar-refractivity contribution in [3.8, 4) is 5.75 Å². The summed E-state index contributed by atoms with van der Waals surface area (Å²) in [4.78, 5) is 0.389. The van der Waals surface area contributed by atoms with Crippen LogP contribution >= 0.6 is 0 Å². The Labute approximate surface area is 188 Å². The van der Waals surface area contributed by atoms with E-state index in [9.17, 15) is 13.5 Å². The third-order valence-electron chi connectivity index (χ3n) is 6.06. The molecule has 4 nitrogen and oxygen atoms in total. The van der Waals surface area contributed by atoms with E-state index in [1.54, 1.807) is 13.2 Å². The van der Waals surface area contributed by atoms with Crippen LogP contribution in [0.15, 0.2) is 47.4 Å². The van der Waals surface area contributed by atoms with E-state index in [1.807, 2.05) is 43.3 Å². The van der Waals surface area contributed by atoms with Crippen molar-refractivity contribution in [1.82, 2.24) is 0 Å². The summed E-state index contributed by atoms with van der Waals surface area (Å²) in [5, 5.41) is 10.3. The van der Waals surface area contributed by atoms with Gasteiger partial charge in [0.25, 0.3) is 0 Å². The Morgan fingerprint density at radius 2 is 1.58 bits per heavy atom. The van der Waals surface area contributed by atoms with Gasteiger partial charge in [-0.3, -0.25) is 0 Å². The van der Waals surface area contributed by atoms with Gasteiger partial charge in [-0.1, -0.05) is 69.4 Å². The summed E-state index contributed by atoms with van der Waals surface area (Å²) in [6.07, 6.45) is 5.83. The second-order valence-electron chi connectivity index (χ2n) is 8.76. The molecule has 0 aliphatic heterocycles. The number of hydrogen-bond donors (Lipinski definition) is 1. The first-order valence-electron chi connectivity index (χ1n) is 11.3. The van der Waals surface area contributed by atoms with Crippen LogP contribution in [0.2, 0.25) is 0 Å². The number of methoxy groups -OCH3 is 1. The second-order valence-corrected chi connectivity index (χ2v) is 10.7. The molecule has 0 heterocycles. The molecule has 0 saturated heterocycles. The molecule has 0 amide bonds. The maximum Gasteiger partial charge on any atom is 0.179 e. The van der Waals surface area contributed by atoms with Crippen LogP contribution in [0.1, 0.15) is 69.1 Å². The molecule has 172 valence electrons. The molecule has 0 unspecified atom stereocenters. The van der Waals surface area contributed by atoms with Gasteiger partial charge in [0.15, 0.2) is 9.84 Å². The van der Waals surface area contributed by atoms with Crippen LogP contribution in [-0.2, 0) is 16.3 Å². The number of aliphatic hydroxyl groups is 1. The molecule has 2 aromatic carbocycles. The Kier molecular flexibility index (Phi) is 9.57. The van der Waals surface area contributed by atoms with Gasteiger partial charge in [0.05, 0.1) is 17.8 Å². The highest BCUT2D eigenvalue weighted by molar-refractivity contribution is 7.91. The molecule has 0 radical (unpaired) electrons. The van der Waals surface area contributed by atoms with Crippen molar-refractivity contribution in [3.05, 3.63) is 59.2 Å². The van der Waals surface area contributed by atoms with Crippen LogP contribution in [-0.4, -0.2) is 33.0 Å². The summed E-state index contributed by atoms with van der Waals surface area (Å²) in [5.74, 6) is 0.773. The monoisotopic (exact) mass is 446 g/mol. The van der Waals surface area contributed by atoms with Gasteiger partial charge in [-0.2, -0.15) is 0 Å². The molecule has 0 bridgehead atoms. The minimum absolute atomic E-state index is 0.00479. The van der Waals surface area contributed by atoms with Crippen molar-refractivity contribution in [2.24, 2.45) is 5.41 Å². The molecule has 5 heteroatoms. The maximum atomic E-state index is 13.6. The average molecular weight is 447 g/mol. The van der Waals surface area contributed by atoms with E-state index in [0.717, 1.165) is 61.0 Å². The third-order valence-corrected chi connectivity index (χ3v) is 8.12. The largest absolute Gasteiger partial charge is 0.497 e. The Hall–Kier alpha value is -1.85. The number of rotatable bonds is 13. The topological polar surface area (TPSA) is 63.6 Å². The van der Waals surface area contributed by atoms with Crippen LogP contribution in [0.5, 0.6) is 5.75 Å². The van der Waals surface area contributed by atoms with E-state index in [-0.39, 0.29) is 12.4 Å². The number of aliphatic hydroxyl groups excluding tert-OH is 1. The quantitative estimate of drug-likeness (QED) is 0.427.